The fraction of sp³-hybridized carbons (Fsp3) is 0.190. The largest absolute Gasteiger partial charge is 0.350 e. The van der Waals surface area contributed by atoms with E-state index in [2.05, 4.69) is 25.4 Å². The van der Waals surface area contributed by atoms with Gasteiger partial charge in [0.2, 0.25) is 11.9 Å². The number of hydrogen-bond acceptors (Lipinski definition) is 7. The number of benzene rings is 1. The third kappa shape index (κ3) is 3.37. The highest BCUT2D eigenvalue weighted by Gasteiger charge is 2.28. The van der Waals surface area contributed by atoms with Crippen molar-refractivity contribution in [3.05, 3.63) is 71.7 Å². The van der Waals surface area contributed by atoms with E-state index in [1.54, 1.807) is 21.8 Å². The van der Waals surface area contributed by atoms with Gasteiger partial charge in [-0.25, -0.2) is 4.98 Å². The van der Waals surface area contributed by atoms with Crippen molar-refractivity contribution in [1.29, 1.82) is 0 Å². The molecule has 0 saturated carbocycles. The Labute approximate surface area is 177 Å². The standard InChI is InChI=1S/C21H19N7OS/c1-30-21-25-19-16(13-27-17-7-3-2-6-15(17)9-18(27)29)12-24-28(19)20(26-21)23-11-14-5-4-8-22-10-14/h2-8,10,12H,9,11,13H2,1H3,(H,23,25,26). The van der Waals surface area contributed by atoms with Gasteiger partial charge in [0.1, 0.15) is 0 Å². The van der Waals surface area contributed by atoms with E-state index in [-0.39, 0.29) is 5.91 Å². The van der Waals surface area contributed by atoms with Gasteiger partial charge in [0.25, 0.3) is 0 Å². The van der Waals surface area contributed by atoms with Crippen LogP contribution in [0.2, 0.25) is 0 Å². The lowest BCUT2D eigenvalue weighted by atomic mass is 10.2. The molecule has 1 aliphatic heterocycles. The fourth-order valence-corrected chi connectivity index (χ4v) is 3.92. The Morgan fingerprint density at radius 2 is 2.03 bits per heavy atom. The molecule has 4 heterocycles. The van der Waals surface area contributed by atoms with Crippen LogP contribution in [0.1, 0.15) is 16.7 Å². The minimum atomic E-state index is 0.0876. The number of hydrogen-bond donors (Lipinski definition) is 1. The van der Waals surface area contributed by atoms with Crippen LogP contribution in [0, 0.1) is 0 Å². The molecule has 0 spiro atoms. The number of anilines is 2. The number of thioether (sulfide) groups is 1. The summed E-state index contributed by atoms with van der Waals surface area (Å²) in [5, 5.41) is 8.47. The molecule has 0 atom stereocenters. The van der Waals surface area contributed by atoms with Crippen LogP contribution in [0.3, 0.4) is 0 Å². The predicted octanol–water partition coefficient (Wildman–Crippen LogP) is 2.94. The number of pyridine rings is 1. The van der Waals surface area contributed by atoms with Crippen molar-refractivity contribution in [2.45, 2.75) is 24.7 Å². The maximum absolute atomic E-state index is 12.6. The highest BCUT2D eigenvalue weighted by molar-refractivity contribution is 7.98. The topological polar surface area (TPSA) is 88.3 Å². The van der Waals surface area contributed by atoms with E-state index in [4.69, 9.17) is 0 Å². The molecule has 9 heteroatoms. The van der Waals surface area contributed by atoms with Gasteiger partial charge in [-0.05, 0) is 29.5 Å². The minimum absolute atomic E-state index is 0.0876. The second kappa shape index (κ2) is 7.75. The lowest BCUT2D eigenvalue weighted by molar-refractivity contribution is -0.117. The predicted molar refractivity (Wildman–Crippen MR) is 115 cm³/mol. The Morgan fingerprint density at radius 3 is 2.87 bits per heavy atom. The van der Waals surface area contributed by atoms with Gasteiger partial charge in [-0.3, -0.25) is 9.78 Å². The lowest BCUT2D eigenvalue weighted by Gasteiger charge is -2.16. The first kappa shape index (κ1) is 18.6. The van der Waals surface area contributed by atoms with Crippen LogP contribution < -0.4 is 10.2 Å². The molecule has 0 radical (unpaired) electrons. The van der Waals surface area contributed by atoms with Crippen molar-refractivity contribution < 1.29 is 4.79 Å². The van der Waals surface area contributed by atoms with E-state index in [9.17, 15) is 4.79 Å². The second-order valence-corrected chi connectivity index (χ2v) is 7.71. The molecule has 4 aromatic rings. The summed E-state index contributed by atoms with van der Waals surface area (Å²) < 4.78 is 1.69. The zero-order valence-corrected chi connectivity index (χ0v) is 17.1. The first-order valence-electron chi connectivity index (χ1n) is 9.52. The van der Waals surface area contributed by atoms with Crippen LogP contribution >= 0.6 is 11.8 Å². The first-order valence-corrected chi connectivity index (χ1v) is 10.7. The number of para-hydroxylation sites is 1. The molecule has 30 heavy (non-hydrogen) atoms. The Bertz CT molecular complexity index is 1220. The molecule has 8 nitrogen and oxygen atoms in total. The van der Waals surface area contributed by atoms with E-state index < -0.39 is 0 Å². The van der Waals surface area contributed by atoms with E-state index in [1.807, 2.05) is 48.9 Å². The molecule has 0 fully saturated rings. The summed E-state index contributed by atoms with van der Waals surface area (Å²) in [6.45, 7) is 0.993. The minimum Gasteiger partial charge on any atom is -0.350 e. The van der Waals surface area contributed by atoms with Crippen molar-refractivity contribution in [1.82, 2.24) is 24.6 Å². The number of fused-ring (bicyclic) bond motifs is 2. The zero-order valence-electron chi connectivity index (χ0n) is 16.3. The Morgan fingerprint density at radius 1 is 1.13 bits per heavy atom. The molecule has 0 unspecified atom stereocenters. The molecular formula is C21H19N7OS. The molecule has 0 aliphatic carbocycles. The zero-order chi connectivity index (χ0) is 20.5. The van der Waals surface area contributed by atoms with E-state index >= 15 is 0 Å². The Balaban J connectivity index is 1.48. The molecule has 1 aliphatic rings. The normalized spacial score (nSPS) is 13.1. The molecule has 0 bridgehead atoms. The van der Waals surface area contributed by atoms with Crippen LogP contribution in [-0.2, 0) is 24.3 Å². The van der Waals surface area contributed by atoms with Crippen LogP contribution in [-0.4, -0.2) is 36.7 Å². The number of rotatable bonds is 6. The summed E-state index contributed by atoms with van der Waals surface area (Å²) in [6, 6.07) is 11.8. The highest BCUT2D eigenvalue weighted by Crippen LogP contribution is 2.30. The number of carbonyl (C=O) groups excluding carboxylic acids is 1. The fourth-order valence-electron chi connectivity index (χ4n) is 3.56. The molecule has 0 saturated heterocycles. The van der Waals surface area contributed by atoms with Crippen molar-refractivity contribution in [2.24, 2.45) is 0 Å². The number of nitrogens with zero attached hydrogens (tertiary/aromatic N) is 6. The average Bonchev–Trinajstić information content (AvgIpc) is 3.33. The molecule has 150 valence electrons. The molecular weight excluding hydrogens is 398 g/mol. The lowest BCUT2D eigenvalue weighted by Crippen LogP contribution is -2.26. The maximum atomic E-state index is 12.6. The molecule has 1 aromatic carbocycles. The average molecular weight is 417 g/mol. The van der Waals surface area contributed by atoms with Gasteiger partial charge in [0.05, 0.1) is 19.2 Å². The van der Waals surface area contributed by atoms with Gasteiger partial charge >= 0.3 is 0 Å². The summed E-state index contributed by atoms with van der Waals surface area (Å²) >= 11 is 1.47. The number of aromatic nitrogens is 5. The van der Waals surface area contributed by atoms with Crippen LogP contribution in [0.4, 0.5) is 11.6 Å². The van der Waals surface area contributed by atoms with Crippen LogP contribution in [0.15, 0.2) is 60.1 Å². The molecule has 3 aromatic heterocycles. The summed E-state index contributed by atoms with van der Waals surface area (Å²) in [7, 11) is 0. The Hall–Kier alpha value is -3.46. The van der Waals surface area contributed by atoms with Crippen molar-refractivity contribution in [2.75, 3.05) is 16.5 Å². The number of nitrogens with one attached hydrogen (secondary N) is 1. The number of amides is 1. The monoisotopic (exact) mass is 417 g/mol. The SMILES string of the molecule is CSc1nc(NCc2cccnc2)n2ncc(CN3C(=O)Cc4ccccc43)c2n1. The third-order valence-electron chi connectivity index (χ3n) is 5.03. The summed E-state index contributed by atoms with van der Waals surface area (Å²) in [4.78, 5) is 27.8. The van der Waals surface area contributed by atoms with E-state index in [0.717, 1.165) is 22.4 Å². The van der Waals surface area contributed by atoms with Gasteiger partial charge in [-0.2, -0.15) is 14.6 Å². The summed E-state index contributed by atoms with van der Waals surface area (Å²) in [5.41, 5.74) is 4.62. The molecule has 1 N–H and O–H groups in total. The van der Waals surface area contributed by atoms with Gasteiger partial charge < -0.3 is 10.2 Å². The van der Waals surface area contributed by atoms with E-state index in [1.165, 1.54) is 11.8 Å². The first-order chi connectivity index (χ1) is 14.7. The second-order valence-electron chi connectivity index (χ2n) is 6.94. The molecule has 5 rings (SSSR count). The van der Waals surface area contributed by atoms with Crippen molar-refractivity contribution in [3.8, 4) is 0 Å². The van der Waals surface area contributed by atoms with Crippen LogP contribution in [0.5, 0.6) is 0 Å². The Kier molecular flexibility index (Phi) is 4.80. The third-order valence-corrected chi connectivity index (χ3v) is 5.58. The van der Waals surface area contributed by atoms with Crippen LogP contribution in [0.25, 0.3) is 5.65 Å². The van der Waals surface area contributed by atoms with Crippen molar-refractivity contribution >= 4 is 35.0 Å². The van der Waals surface area contributed by atoms with Gasteiger partial charge in [-0.1, -0.05) is 36.0 Å². The van der Waals surface area contributed by atoms with E-state index in [0.29, 0.717) is 36.3 Å². The number of carbonyl (C=O) groups is 1. The van der Waals surface area contributed by atoms with Gasteiger partial charge in [-0.15, -0.1) is 0 Å². The highest BCUT2D eigenvalue weighted by atomic mass is 32.2. The molecule has 1 amide bonds. The quantitative estimate of drug-likeness (QED) is 0.483. The van der Waals surface area contributed by atoms with Gasteiger partial charge in [0, 0.05) is 30.2 Å². The summed E-state index contributed by atoms with van der Waals surface area (Å²) in [5.74, 6) is 0.692. The van der Waals surface area contributed by atoms with Gasteiger partial charge in [0.15, 0.2) is 10.8 Å². The maximum Gasteiger partial charge on any atom is 0.231 e. The van der Waals surface area contributed by atoms with Crippen molar-refractivity contribution in [3.63, 3.8) is 0 Å². The smallest absolute Gasteiger partial charge is 0.231 e. The summed E-state index contributed by atoms with van der Waals surface area (Å²) in [6.07, 6.45) is 7.69.